The highest BCUT2D eigenvalue weighted by Crippen LogP contribution is 2.37. The zero-order chi connectivity index (χ0) is 17.8. The number of methoxy groups -OCH3 is 1. The molecule has 0 radical (unpaired) electrons. The second kappa shape index (κ2) is 8.17. The Kier molecular flexibility index (Phi) is 5.49. The Hall–Kier alpha value is -1.94. The van der Waals surface area contributed by atoms with E-state index in [0.717, 1.165) is 35.3 Å². The molecule has 138 valence electrons. The Labute approximate surface area is 156 Å². The second-order valence-corrected chi connectivity index (χ2v) is 7.62. The Morgan fingerprint density at radius 3 is 2.62 bits per heavy atom. The summed E-state index contributed by atoms with van der Waals surface area (Å²) in [7, 11) is 1.72. The molecule has 1 aliphatic heterocycles. The van der Waals surface area contributed by atoms with E-state index in [2.05, 4.69) is 11.0 Å². The molecular weight excluding hydrogens is 322 g/mol. The van der Waals surface area contributed by atoms with E-state index >= 15 is 0 Å². The van der Waals surface area contributed by atoms with Crippen molar-refractivity contribution in [1.29, 1.82) is 0 Å². The average molecular weight is 351 g/mol. The van der Waals surface area contributed by atoms with Gasteiger partial charge in [-0.25, -0.2) is 0 Å². The van der Waals surface area contributed by atoms with Crippen molar-refractivity contribution in [1.82, 2.24) is 14.9 Å². The highest BCUT2D eigenvalue weighted by Gasteiger charge is 2.30. The van der Waals surface area contributed by atoms with E-state index < -0.39 is 0 Å². The number of benzene rings is 1. The van der Waals surface area contributed by atoms with Gasteiger partial charge in [0.15, 0.2) is 0 Å². The molecule has 1 saturated heterocycles. The molecule has 4 heteroatoms. The molecule has 4 nitrogen and oxygen atoms in total. The topological polar surface area (TPSA) is 38.3 Å². The first-order valence-corrected chi connectivity index (χ1v) is 10.0. The zero-order valence-corrected chi connectivity index (χ0v) is 15.7. The molecule has 1 aliphatic carbocycles. The summed E-state index contributed by atoms with van der Waals surface area (Å²) in [5, 5.41) is 0. The van der Waals surface area contributed by atoms with E-state index in [9.17, 15) is 0 Å². The van der Waals surface area contributed by atoms with Crippen LogP contribution in [0.3, 0.4) is 0 Å². The summed E-state index contributed by atoms with van der Waals surface area (Å²) in [4.78, 5) is 12.2. The number of nitrogens with zero attached hydrogens (tertiary/aromatic N) is 3. The number of hydrogen-bond donors (Lipinski definition) is 0. The minimum Gasteiger partial charge on any atom is -0.496 e. The minimum atomic E-state index is 0.458. The van der Waals surface area contributed by atoms with Gasteiger partial charge >= 0.3 is 0 Å². The van der Waals surface area contributed by atoms with Gasteiger partial charge in [0.25, 0.3) is 0 Å². The lowest BCUT2D eigenvalue weighted by Gasteiger charge is -2.40. The van der Waals surface area contributed by atoms with E-state index in [1.54, 1.807) is 13.3 Å². The number of para-hydroxylation sites is 1. The molecule has 1 saturated carbocycles. The first-order valence-electron chi connectivity index (χ1n) is 10.0. The van der Waals surface area contributed by atoms with E-state index in [0.29, 0.717) is 5.92 Å². The van der Waals surface area contributed by atoms with Gasteiger partial charge in [-0.3, -0.25) is 14.9 Å². The van der Waals surface area contributed by atoms with E-state index in [4.69, 9.17) is 14.7 Å². The predicted octanol–water partition coefficient (Wildman–Crippen LogP) is 4.66. The molecule has 2 fully saturated rings. The molecule has 0 spiro atoms. The fraction of sp³-hybridized carbons (Fsp3) is 0.545. The van der Waals surface area contributed by atoms with Crippen molar-refractivity contribution in [2.24, 2.45) is 0 Å². The molecule has 0 bridgehead atoms. The van der Waals surface area contributed by atoms with Crippen LogP contribution >= 0.6 is 0 Å². The van der Waals surface area contributed by atoms with Crippen LogP contribution in [0.2, 0.25) is 0 Å². The number of hydrogen-bond acceptors (Lipinski definition) is 4. The lowest BCUT2D eigenvalue weighted by Crippen LogP contribution is -2.43. The Morgan fingerprint density at radius 2 is 1.77 bits per heavy atom. The van der Waals surface area contributed by atoms with Crippen molar-refractivity contribution < 1.29 is 4.74 Å². The van der Waals surface area contributed by atoms with Crippen molar-refractivity contribution in [2.45, 2.75) is 56.9 Å². The third kappa shape index (κ3) is 3.61. The van der Waals surface area contributed by atoms with Crippen LogP contribution < -0.4 is 4.74 Å². The third-order valence-electron chi connectivity index (χ3n) is 6.02. The van der Waals surface area contributed by atoms with E-state index in [1.165, 1.54) is 51.5 Å². The highest BCUT2D eigenvalue weighted by atomic mass is 16.5. The molecule has 2 aliphatic rings. The van der Waals surface area contributed by atoms with Crippen molar-refractivity contribution in [3.05, 3.63) is 42.4 Å². The first-order chi connectivity index (χ1) is 12.9. The van der Waals surface area contributed by atoms with Gasteiger partial charge in [-0.15, -0.1) is 0 Å². The van der Waals surface area contributed by atoms with E-state index in [-0.39, 0.29) is 0 Å². The van der Waals surface area contributed by atoms with Gasteiger partial charge in [0.05, 0.1) is 18.5 Å². The second-order valence-electron chi connectivity index (χ2n) is 7.62. The molecule has 2 aromatic rings. The maximum Gasteiger partial charge on any atom is 0.128 e. The van der Waals surface area contributed by atoms with Crippen molar-refractivity contribution in [2.75, 3.05) is 20.2 Å². The molecule has 0 N–H and O–H groups in total. The summed E-state index contributed by atoms with van der Waals surface area (Å²) in [5.74, 6) is 1.33. The number of ether oxygens (including phenoxy) is 1. The van der Waals surface area contributed by atoms with Crippen LogP contribution in [0.15, 0.2) is 36.7 Å². The van der Waals surface area contributed by atoms with Crippen LogP contribution in [0.1, 0.15) is 56.6 Å². The Bertz CT molecular complexity index is 727. The van der Waals surface area contributed by atoms with Gasteiger partial charge in [-0.2, -0.15) is 0 Å². The summed E-state index contributed by atoms with van der Waals surface area (Å²) >= 11 is 0. The summed E-state index contributed by atoms with van der Waals surface area (Å²) in [6.45, 7) is 2.36. The van der Waals surface area contributed by atoms with Gasteiger partial charge in [-0.05, 0) is 44.4 Å². The maximum atomic E-state index is 5.58. The summed E-state index contributed by atoms with van der Waals surface area (Å²) in [6.07, 6.45) is 13.0. The standard InChI is InChI=1S/C22H29N3O/c1-26-20-12-6-5-11-19(20)22-21(23-13-14-24-22)17-8-7-15-25(16-17)18-9-3-2-4-10-18/h5-6,11-14,17-18H,2-4,7-10,15-16H2,1H3/t17-/m1/s1. The smallest absolute Gasteiger partial charge is 0.128 e. The Morgan fingerprint density at radius 1 is 0.962 bits per heavy atom. The monoisotopic (exact) mass is 351 g/mol. The van der Waals surface area contributed by atoms with Crippen LogP contribution in [0.4, 0.5) is 0 Å². The number of aromatic nitrogens is 2. The summed E-state index contributed by atoms with van der Waals surface area (Å²) < 4.78 is 5.58. The fourth-order valence-corrected chi connectivity index (χ4v) is 4.70. The van der Waals surface area contributed by atoms with Gasteiger partial charge in [0, 0.05) is 36.5 Å². The van der Waals surface area contributed by atoms with Crippen LogP contribution in [0.5, 0.6) is 5.75 Å². The van der Waals surface area contributed by atoms with Gasteiger partial charge in [-0.1, -0.05) is 31.4 Å². The van der Waals surface area contributed by atoms with Crippen LogP contribution in [-0.4, -0.2) is 41.1 Å². The van der Waals surface area contributed by atoms with Crippen molar-refractivity contribution in [3.8, 4) is 17.0 Å². The Balaban J connectivity index is 1.61. The van der Waals surface area contributed by atoms with Crippen molar-refractivity contribution in [3.63, 3.8) is 0 Å². The van der Waals surface area contributed by atoms with Crippen LogP contribution in [0, 0.1) is 0 Å². The van der Waals surface area contributed by atoms with Crippen LogP contribution in [0.25, 0.3) is 11.3 Å². The molecule has 0 unspecified atom stereocenters. The number of rotatable bonds is 4. The average Bonchev–Trinajstić information content (AvgIpc) is 2.74. The molecule has 26 heavy (non-hydrogen) atoms. The molecule has 4 rings (SSSR count). The lowest BCUT2D eigenvalue weighted by atomic mass is 9.87. The minimum absolute atomic E-state index is 0.458. The molecule has 1 atom stereocenters. The largest absolute Gasteiger partial charge is 0.496 e. The molecule has 0 amide bonds. The molecule has 1 aromatic carbocycles. The molecular formula is C22H29N3O. The van der Waals surface area contributed by atoms with Crippen molar-refractivity contribution >= 4 is 0 Å². The summed E-state index contributed by atoms with van der Waals surface area (Å²) in [6, 6.07) is 8.92. The molecule has 1 aromatic heterocycles. The summed E-state index contributed by atoms with van der Waals surface area (Å²) in [5.41, 5.74) is 3.17. The van der Waals surface area contributed by atoms with Gasteiger partial charge < -0.3 is 4.74 Å². The van der Waals surface area contributed by atoms with Gasteiger partial charge in [0.1, 0.15) is 5.75 Å². The van der Waals surface area contributed by atoms with E-state index in [1.807, 2.05) is 24.4 Å². The highest BCUT2D eigenvalue weighted by molar-refractivity contribution is 5.69. The first kappa shape index (κ1) is 17.5. The molecule has 2 heterocycles. The number of likely N-dealkylation sites (tertiary alicyclic amines) is 1. The SMILES string of the molecule is COc1ccccc1-c1nccnc1[C@@H]1CCCN(C2CCCCC2)C1. The predicted molar refractivity (Wildman–Crippen MR) is 104 cm³/mol. The maximum absolute atomic E-state index is 5.58. The zero-order valence-electron chi connectivity index (χ0n) is 15.7. The third-order valence-corrected chi connectivity index (χ3v) is 6.02. The normalized spacial score (nSPS) is 22.3. The van der Waals surface area contributed by atoms with Crippen LogP contribution in [-0.2, 0) is 0 Å². The lowest BCUT2D eigenvalue weighted by molar-refractivity contribution is 0.118. The fourth-order valence-electron chi connectivity index (χ4n) is 4.70. The number of piperidine rings is 1. The van der Waals surface area contributed by atoms with Gasteiger partial charge in [0.2, 0.25) is 0 Å². The quantitative estimate of drug-likeness (QED) is 0.803.